The van der Waals surface area contributed by atoms with Gasteiger partial charge < -0.3 is 28.4 Å². The van der Waals surface area contributed by atoms with Crippen LogP contribution >= 0.6 is 38.9 Å². The van der Waals surface area contributed by atoms with Crippen LogP contribution in [0.25, 0.3) is 6.08 Å². The average Bonchev–Trinajstić information content (AvgIpc) is 3.64. The molecule has 46 heavy (non-hydrogen) atoms. The molecule has 238 valence electrons. The Morgan fingerprint density at radius 2 is 1.85 bits per heavy atom. The molecule has 0 N–H and O–H groups in total. The lowest BCUT2D eigenvalue weighted by atomic mass is 9.97. The molecule has 0 spiro atoms. The Morgan fingerprint density at radius 1 is 1.07 bits per heavy atom. The van der Waals surface area contributed by atoms with Gasteiger partial charge in [0.25, 0.3) is 5.56 Å². The number of fused-ring (bicyclic) bond motifs is 2. The van der Waals surface area contributed by atoms with Gasteiger partial charge in [-0.05, 0) is 88.9 Å². The molecule has 3 heterocycles. The van der Waals surface area contributed by atoms with Crippen LogP contribution in [0, 0.1) is 0 Å². The molecule has 0 aliphatic carbocycles. The van der Waals surface area contributed by atoms with E-state index in [1.807, 2.05) is 38.1 Å². The van der Waals surface area contributed by atoms with Crippen LogP contribution in [-0.2, 0) is 16.1 Å². The highest BCUT2D eigenvalue weighted by molar-refractivity contribution is 9.10. The molecule has 0 unspecified atom stereocenters. The molecule has 2 aliphatic heterocycles. The van der Waals surface area contributed by atoms with Crippen LogP contribution in [-0.4, -0.2) is 37.7 Å². The third-order valence-corrected chi connectivity index (χ3v) is 9.01. The first-order valence-corrected chi connectivity index (χ1v) is 16.3. The van der Waals surface area contributed by atoms with Crippen LogP contribution < -0.4 is 38.6 Å². The Kier molecular flexibility index (Phi) is 9.39. The first kappa shape index (κ1) is 31.7. The van der Waals surface area contributed by atoms with Gasteiger partial charge in [0, 0.05) is 6.20 Å². The maximum atomic E-state index is 14.0. The van der Waals surface area contributed by atoms with E-state index in [4.69, 9.17) is 40.0 Å². The summed E-state index contributed by atoms with van der Waals surface area (Å²) in [7, 11) is 1.29. The van der Waals surface area contributed by atoms with Crippen LogP contribution in [0.1, 0.15) is 36.6 Å². The molecule has 3 aromatic carbocycles. The van der Waals surface area contributed by atoms with Gasteiger partial charge in [0.1, 0.15) is 6.61 Å². The predicted molar refractivity (Wildman–Crippen MR) is 176 cm³/mol. The van der Waals surface area contributed by atoms with Crippen molar-refractivity contribution in [1.82, 2.24) is 4.57 Å². The van der Waals surface area contributed by atoms with E-state index in [0.29, 0.717) is 71.9 Å². The van der Waals surface area contributed by atoms with Crippen molar-refractivity contribution in [3.8, 4) is 28.7 Å². The van der Waals surface area contributed by atoms with E-state index < -0.39 is 12.0 Å². The molecule has 1 aromatic heterocycles. The summed E-state index contributed by atoms with van der Waals surface area (Å²) in [4.78, 5) is 31.7. The molecule has 0 fully saturated rings. The number of benzene rings is 3. The zero-order valence-electron chi connectivity index (χ0n) is 25.0. The zero-order valence-corrected chi connectivity index (χ0v) is 28.2. The van der Waals surface area contributed by atoms with E-state index in [2.05, 4.69) is 20.9 Å². The molecule has 0 saturated carbocycles. The van der Waals surface area contributed by atoms with Crippen LogP contribution in [0.2, 0.25) is 5.02 Å². The first-order chi connectivity index (χ1) is 22.3. The summed E-state index contributed by atoms with van der Waals surface area (Å²) in [6, 6.07) is 13.7. The van der Waals surface area contributed by atoms with Gasteiger partial charge in [-0.3, -0.25) is 9.36 Å². The summed E-state index contributed by atoms with van der Waals surface area (Å²) in [6.45, 7) is 5.06. The summed E-state index contributed by atoms with van der Waals surface area (Å²) in [6.07, 6.45) is 3.17. The van der Waals surface area contributed by atoms with E-state index in [-0.39, 0.29) is 24.5 Å². The molecule has 10 nitrogen and oxygen atoms in total. The topological polar surface area (TPSA) is 107 Å². The van der Waals surface area contributed by atoms with Gasteiger partial charge >= 0.3 is 5.97 Å². The van der Waals surface area contributed by atoms with Gasteiger partial charge in [-0.25, -0.2) is 9.79 Å². The first-order valence-electron chi connectivity index (χ1n) is 14.3. The molecule has 0 bridgehead atoms. The Hall–Kier alpha value is -4.26. The van der Waals surface area contributed by atoms with E-state index in [9.17, 15) is 9.59 Å². The van der Waals surface area contributed by atoms with E-state index in [1.54, 1.807) is 30.3 Å². The fraction of sp³-hybridized carbons (Fsp3) is 0.242. The molecule has 6 rings (SSSR count). The third kappa shape index (κ3) is 6.24. The van der Waals surface area contributed by atoms with Crippen LogP contribution in [0.15, 0.2) is 74.6 Å². The molecule has 4 aromatic rings. The highest BCUT2D eigenvalue weighted by Gasteiger charge is 2.31. The zero-order chi connectivity index (χ0) is 32.4. The normalized spacial score (nSPS) is 15.1. The molecular weight excluding hydrogens is 700 g/mol. The van der Waals surface area contributed by atoms with Gasteiger partial charge in [0.05, 0.1) is 46.0 Å². The fourth-order valence-electron chi connectivity index (χ4n) is 5.13. The summed E-state index contributed by atoms with van der Waals surface area (Å²) in [5.41, 5.74) is 2.08. The lowest BCUT2D eigenvalue weighted by Crippen LogP contribution is -2.39. The summed E-state index contributed by atoms with van der Waals surface area (Å²) in [5.74, 6) is 2.30. The molecule has 2 aliphatic rings. The lowest BCUT2D eigenvalue weighted by Gasteiger charge is -2.23. The minimum Gasteiger partial charge on any atom is -0.490 e. The van der Waals surface area contributed by atoms with E-state index >= 15 is 0 Å². The maximum absolute atomic E-state index is 14.0. The third-order valence-electron chi connectivity index (χ3n) is 7.15. The standard InChI is InChI=1S/C33H28BrClN2O8S/c1-4-41-24-9-7-20(14-27(24)42-5-2)29-21(32(39)40-3)15-36-33-37(29)31(38)28(46-33)13-19-10-22(34)30(23(35)11-19)43-16-18-6-8-25-26(12-18)45-17-44-25/h6-15,29H,4-5,16-17H2,1-3H3/b28-13-/t29-/m1/s1. The number of rotatable bonds is 10. The van der Waals surface area contributed by atoms with Crippen molar-refractivity contribution >= 4 is 50.9 Å². The smallest absolute Gasteiger partial charge is 0.337 e. The molecule has 1 atom stereocenters. The van der Waals surface area contributed by atoms with Crippen molar-refractivity contribution in [3.63, 3.8) is 0 Å². The molecular formula is C33H28BrClN2O8S. The monoisotopic (exact) mass is 726 g/mol. The second-order valence-electron chi connectivity index (χ2n) is 10.0. The van der Waals surface area contributed by atoms with Gasteiger partial charge in [-0.2, -0.15) is 0 Å². The quantitative estimate of drug-likeness (QED) is 0.196. The Balaban J connectivity index is 1.34. The van der Waals surface area contributed by atoms with Crippen molar-refractivity contribution < 1.29 is 33.2 Å². The number of nitrogens with zero attached hydrogens (tertiary/aromatic N) is 2. The number of esters is 1. The molecule has 0 saturated heterocycles. The molecule has 0 radical (unpaired) electrons. The SMILES string of the molecule is CCOc1ccc([C@@H]2C(C(=O)OC)=CN=c3s/c(=C\c4cc(Cl)c(OCc5ccc6c(c5)OCO6)c(Br)c4)c(=O)n32)cc1OCC. The number of hydrogen-bond donors (Lipinski definition) is 0. The number of ether oxygens (including phenoxy) is 6. The van der Waals surface area contributed by atoms with Crippen molar-refractivity contribution in [2.24, 2.45) is 4.99 Å². The second-order valence-corrected chi connectivity index (χ2v) is 12.3. The van der Waals surface area contributed by atoms with Gasteiger partial charge in [0.2, 0.25) is 6.79 Å². The number of halogens is 2. The van der Waals surface area contributed by atoms with Crippen LogP contribution in [0.4, 0.5) is 0 Å². The molecule has 13 heteroatoms. The lowest BCUT2D eigenvalue weighted by molar-refractivity contribution is -0.136. The summed E-state index contributed by atoms with van der Waals surface area (Å²) >= 11 is 11.4. The number of aromatic nitrogens is 1. The minimum atomic E-state index is -0.803. The highest BCUT2D eigenvalue weighted by Crippen LogP contribution is 2.38. The second kappa shape index (κ2) is 13.6. The summed E-state index contributed by atoms with van der Waals surface area (Å²) < 4.78 is 36.0. The van der Waals surface area contributed by atoms with Gasteiger partial charge in [0.15, 0.2) is 33.5 Å². The summed E-state index contributed by atoms with van der Waals surface area (Å²) in [5, 5.41) is 0.359. The number of thiazole rings is 1. The maximum Gasteiger partial charge on any atom is 0.337 e. The van der Waals surface area contributed by atoms with E-state index in [0.717, 1.165) is 5.56 Å². The van der Waals surface area contributed by atoms with Crippen LogP contribution in [0.5, 0.6) is 28.7 Å². The average molecular weight is 728 g/mol. The van der Waals surface area contributed by atoms with Crippen molar-refractivity contribution in [1.29, 1.82) is 0 Å². The van der Waals surface area contributed by atoms with E-state index in [1.165, 1.54) is 29.2 Å². The molecule has 0 amide bonds. The number of hydrogen-bond acceptors (Lipinski definition) is 10. The van der Waals surface area contributed by atoms with Crippen molar-refractivity contribution in [2.75, 3.05) is 27.1 Å². The number of carbonyl (C=O) groups excluding carboxylic acids is 1. The minimum absolute atomic E-state index is 0.194. The Bertz CT molecular complexity index is 2020. The Labute approximate surface area is 281 Å². The predicted octanol–water partition coefficient (Wildman–Crippen LogP) is 5.54. The van der Waals surface area contributed by atoms with Crippen LogP contribution in [0.3, 0.4) is 0 Å². The fourth-order valence-corrected chi connectivity index (χ4v) is 7.08. The number of methoxy groups -OCH3 is 1. The Morgan fingerprint density at radius 3 is 2.61 bits per heavy atom. The van der Waals surface area contributed by atoms with Gasteiger partial charge in [-0.1, -0.05) is 35.1 Å². The largest absolute Gasteiger partial charge is 0.490 e. The van der Waals surface area contributed by atoms with Crippen molar-refractivity contribution in [3.05, 3.63) is 106 Å². The highest BCUT2D eigenvalue weighted by atomic mass is 79.9. The van der Waals surface area contributed by atoms with Crippen molar-refractivity contribution in [2.45, 2.75) is 26.5 Å². The number of carbonyl (C=O) groups is 1. The van der Waals surface area contributed by atoms with Gasteiger partial charge in [-0.15, -0.1) is 0 Å².